The molecule has 2 aromatic rings. The summed E-state index contributed by atoms with van der Waals surface area (Å²) >= 11 is 5.88. The van der Waals surface area contributed by atoms with Gasteiger partial charge in [0.2, 0.25) is 5.91 Å². The maximum Gasteiger partial charge on any atom is 0.287 e. The van der Waals surface area contributed by atoms with Crippen LogP contribution in [0.25, 0.3) is 0 Å². The van der Waals surface area contributed by atoms with Crippen molar-refractivity contribution in [2.75, 3.05) is 0 Å². The van der Waals surface area contributed by atoms with E-state index in [4.69, 9.17) is 16.0 Å². The molecule has 1 heterocycles. The number of halogens is 1. The second kappa shape index (κ2) is 8.02. The minimum atomic E-state index is -0.655. The molecule has 128 valence electrons. The molecule has 2 unspecified atom stereocenters. The third-order valence-electron chi connectivity index (χ3n) is 3.71. The van der Waals surface area contributed by atoms with E-state index in [1.807, 2.05) is 32.9 Å². The van der Waals surface area contributed by atoms with Crippen molar-refractivity contribution in [2.45, 2.75) is 32.9 Å². The van der Waals surface area contributed by atoms with Gasteiger partial charge in [-0.2, -0.15) is 0 Å². The lowest BCUT2D eigenvalue weighted by atomic mass is 10.0. The van der Waals surface area contributed by atoms with Gasteiger partial charge in [-0.1, -0.05) is 37.6 Å². The van der Waals surface area contributed by atoms with E-state index in [-0.39, 0.29) is 23.6 Å². The molecular weight excluding hydrogens is 328 g/mol. The zero-order chi connectivity index (χ0) is 17.7. The molecule has 2 atom stereocenters. The maximum atomic E-state index is 12.6. The molecule has 24 heavy (non-hydrogen) atoms. The first-order valence-corrected chi connectivity index (χ1v) is 8.16. The molecule has 2 amide bonds. The molecule has 1 aromatic carbocycles. The van der Waals surface area contributed by atoms with Crippen LogP contribution in [-0.2, 0) is 4.79 Å². The molecule has 0 aliphatic carbocycles. The predicted octanol–water partition coefficient (Wildman–Crippen LogP) is 3.56. The highest BCUT2D eigenvalue weighted by Gasteiger charge is 2.26. The van der Waals surface area contributed by atoms with E-state index in [0.29, 0.717) is 5.02 Å². The fourth-order valence-electron chi connectivity index (χ4n) is 2.29. The third-order valence-corrected chi connectivity index (χ3v) is 3.96. The van der Waals surface area contributed by atoms with Crippen molar-refractivity contribution in [2.24, 2.45) is 5.92 Å². The molecule has 6 heteroatoms. The third kappa shape index (κ3) is 4.61. The summed E-state index contributed by atoms with van der Waals surface area (Å²) in [4.78, 5) is 24.7. The minimum Gasteiger partial charge on any atom is -0.459 e. The Morgan fingerprint density at radius 1 is 1.04 bits per heavy atom. The van der Waals surface area contributed by atoms with Gasteiger partial charge in [-0.15, -0.1) is 0 Å². The molecule has 0 aliphatic rings. The van der Waals surface area contributed by atoms with E-state index in [9.17, 15) is 9.59 Å². The first-order chi connectivity index (χ1) is 11.4. The number of hydrogen-bond acceptors (Lipinski definition) is 3. The molecule has 0 fully saturated rings. The summed E-state index contributed by atoms with van der Waals surface area (Å²) in [6.45, 7) is 5.63. The topological polar surface area (TPSA) is 71.3 Å². The van der Waals surface area contributed by atoms with Gasteiger partial charge < -0.3 is 15.1 Å². The molecule has 2 N–H and O–H groups in total. The lowest BCUT2D eigenvalue weighted by molar-refractivity contribution is -0.124. The quantitative estimate of drug-likeness (QED) is 0.838. The Kier molecular flexibility index (Phi) is 6.04. The van der Waals surface area contributed by atoms with Crippen LogP contribution in [0.2, 0.25) is 5.02 Å². The van der Waals surface area contributed by atoms with E-state index < -0.39 is 11.9 Å². The molecule has 0 radical (unpaired) electrons. The first kappa shape index (κ1) is 18.1. The average molecular weight is 349 g/mol. The van der Waals surface area contributed by atoms with Crippen LogP contribution in [0, 0.1) is 5.92 Å². The fourth-order valence-corrected chi connectivity index (χ4v) is 2.42. The maximum absolute atomic E-state index is 12.6. The minimum absolute atomic E-state index is 0.0682. The van der Waals surface area contributed by atoms with Crippen LogP contribution >= 0.6 is 11.6 Å². The summed E-state index contributed by atoms with van der Waals surface area (Å²) in [5.74, 6) is -0.541. The molecule has 0 saturated carbocycles. The Bertz CT molecular complexity index is 681. The van der Waals surface area contributed by atoms with Crippen molar-refractivity contribution in [3.63, 3.8) is 0 Å². The van der Waals surface area contributed by atoms with Gasteiger partial charge >= 0.3 is 0 Å². The zero-order valence-corrected chi connectivity index (χ0v) is 14.6. The molecule has 0 aliphatic heterocycles. The van der Waals surface area contributed by atoms with E-state index >= 15 is 0 Å². The van der Waals surface area contributed by atoms with Crippen LogP contribution in [0.3, 0.4) is 0 Å². The van der Waals surface area contributed by atoms with E-state index in [1.54, 1.807) is 24.3 Å². The highest BCUT2D eigenvalue weighted by molar-refractivity contribution is 6.30. The summed E-state index contributed by atoms with van der Waals surface area (Å²) in [5.41, 5.74) is 0.938. The van der Waals surface area contributed by atoms with Crippen LogP contribution in [0.1, 0.15) is 42.9 Å². The van der Waals surface area contributed by atoms with Gasteiger partial charge in [0.1, 0.15) is 6.04 Å². The number of nitrogens with one attached hydrogen (secondary N) is 2. The van der Waals surface area contributed by atoms with Crippen LogP contribution < -0.4 is 10.6 Å². The SMILES string of the molecule is CC(NC(=O)C(NC(=O)c1ccco1)C(C)C)c1ccc(Cl)cc1. The van der Waals surface area contributed by atoms with Gasteiger partial charge in [0.25, 0.3) is 5.91 Å². The Labute approximate surface area is 146 Å². The number of furan rings is 1. The highest BCUT2D eigenvalue weighted by atomic mass is 35.5. The molecule has 0 bridgehead atoms. The lowest BCUT2D eigenvalue weighted by Gasteiger charge is -2.24. The van der Waals surface area contributed by atoms with Crippen LogP contribution in [0.15, 0.2) is 47.1 Å². The second-order valence-electron chi connectivity index (χ2n) is 5.95. The van der Waals surface area contributed by atoms with Crippen LogP contribution in [0.5, 0.6) is 0 Å². The number of carbonyl (C=O) groups is 2. The smallest absolute Gasteiger partial charge is 0.287 e. The van der Waals surface area contributed by atoms with Crippen molar-refractivity contribution in [3.05, 3.63) is 59.0 Å². The Morgan fingerprint density at radius 3 is 2.25 bits per heavy atom. The van der Waals surface area contributed by atoms with Crippen LogP contribution in [0.4, 0.5) is 0 Å². The average Bonchev–Trinajstić information content (AvgIpc) is 3.07. The van der Waals surface area contributed by atoms with Crippen molar-refractivity contribution >= 4 is 23.4 Å². The molecule has 0 spiro atoms. The summed E-state index contributed by atoms with van der Waals surface area (Å²) in [7, 11) is 0. The Balaban J connectivity index is 2.03. The van der Waals surface area contributed by atoms with Gasteiger partial charge in [0.15, 0.2) is 5.76 Å². The van der Waals surface area contributed by atoms with Gasteiger partial charge in [-0.25, -0.2) is 0 Å². The summed E-state index contributed by atoms with van der Waals surface area (Å²) < 4.78 is 5.06. The van der Waals surface area contributed by atoms with Crippen molar-refractivity contribution in [1.82, 2.24) is 10.6 Å². The second-order valence-corrected chi connectivity index (χ2v) is 6.39. The van der Waals surface area contributed by atoms with E-state index in [2.05, 4.69) is 10.6 Å². The van der Waals surface area contributed by atoms with Crippen molar-refractivity contribution < 1.29 is 14.0 Å². The van der Waals surface area contributed by atoms with Gasteiger partial charge in [0, 0.05) is 5.02 Å². The van der Waals surface area contributed by atoms with Crippen molar-refractivity contribution in [3.8, 4) is 0 Å². The number of carbonyl (C=O) groups excluding carboxylic acids is 2. The monoisotopic (exact) mass is 348 g/mol. The number of amides is 2. The van der Waals surface area contributed by atoms with Gasteiger partial charge in [0.05, 0.1) is 12.3 Å². The summed E-state index contributed by atoms with van der Waals surface area (Å²) in [6, 6.07) is 9.60. The summed E-state index contributed by atoms with van der Waals surface area (Å²) in [5, 5.41) is 6.28. The largest absolute Gasteiger partial charge is 0.459 e. The van der Waals surface area contributed by atoms with E-state index in [0.717, 1.165) is 5.56 Å². The molecule has 2 rings (SSSR count). The first-order valence-electron chi connectivity index (χ1n) is 7.78. The number of rotatable bonds is 6. The molecule has 1 aromatic heterocycles. The Morgan fingerprint density at radius 2 is 1.71 bits per heavy atom. The molecule has 0 saturated heterocycles. The van der Waals surface area contributed by atoms with Crippen LogP contribution in [-0.4, -0.2) is 17.9 Å². The standard InChI is InChI=1S/C18H21ClN2O3/c1-11(2)16(21-17(22)15-5-4-10-24-15)18(23)20-12(3)13-6-8-14(19)9-7-13/h4-12,16H,1-3H3,(H,20,23)(H,21,22). The van der Waals surface area contributed by atoms with Crippen molar-refractivity contribution in [1.29, 1.82) is 0 Å². The molecule has 5 nitrogen and oxygen atoms in total. The fraction of sp³-hybridized carbons (Fsp3) is 0.333. The predicted molar refractivity (Wildman–Crippen MR) is 92.8 cm³/mol. The van der Waals surface area contributed by atoms with E-state index in [1.165, 1.54) is 6.26 Å². The summed E-state index contributed by atoms with van der Waals surface area (Å²) in [6.07, 6.45) is 1.42. The number of hydrogen-bond donors (Lipinski definition) is 2. The normalized spacial score (nSPS) is 13.4. The molecular formula is C18H21ClN2O3. The highest BCUT2D eigenvalue weighted by Crippen LogP contribution is 2.16. The number of benzene rings is 1. The Hall–Kier alpha value is -2.27. The zero-order valence-electron chi connectivity index (χ0n) is 13.9. The van der Waals surface area contributed by atoms with Gasteiger partial charge in [-0.05, 0) is 42.7 Å². The van der Waals surface area contributed by atoms with Gasteiger partial charge in [-0.3, -0.25) is 9.59 Å². The lowest BCUT2D eigenvalue weighted by Crippen LogP contribution is -2.50.